The quantitative estimate of drug-likeness (QED) is 0.537. The van der Waals surface area contributed by atoms with Crippen LogP contribution in [0.5, 0.6) is 0 Å². The van der Waals surface area contributed by atoms with Gasteiger partial charge in [0.25, 0.3) is 5.69 Å². The standard InChI is InChI=1S/C20H20N4O3/c1-14-19(15(2)23(22-14)17-6-4-3-5-7-17)13-21-20(25)12-16-8-10-18(11-9-16)24(26)27/h3-11H,12-13H2,1-2H3,(H,21,25). The predicted molar refractivity (Wildman–Crippen MR) is 102 cm³/mol. The highest BCUT2D eigenvalue weighted by molar-refractivity contribution is 5.78. The number of hydrogen-bond acceptors (Lipinski definition) is 4. The summed E-state index contributed by atoms with van der Waals surface area (Å²) in [5.41, 5.74) is 4.55. The van der Waals surface area contributed by atoms with Crippen molar-refractivity contribution in [2.24, 2.45) is 0 Å². The number of para-hydroxylation sites is 1. The molecule has 0 bridgehead atoms. The molecule has 2 aromatic carbocycles. The molecule has 7 heteroatoms. The molecule has 0 aliphatic carbocycles. The Hall–Kier alpha value is -3.48. The molecule has 1 amide bonds. The number of aryl methyl sites for hydroxylation is 1. The minimum Gasteiger partial charge on any atom is -0.352 e. The van der Waals surface area contributed by atoms with E-state index >= 15 is 0 Å². The van der Waals surface area contributed by atoms with Crippen LogP contribution in [0.4, 0.5) is 5.69 Å². The summed E-state index contributed by atoms with van der Waals surface area (Å²) in [6.07, 6.45) is 0.170. The predicted octanol–water partition coefficient (Wildman–Crippen LogP) is 3.26. The summed E-state index contributed by atoms with van der Waals surface area (Å²) >= 11 is 0. The lowest BCUT2D eigenvalue weighted by Crippen LogP contribution is -2.25. The number of nitro groups is 1. The summed E-state index contributed by atoms with van der Waals surface area (Å²) in [6.45, 7) is 4.28. The van der Waals surface area contributed by atoms with Gasteiger partial charge in [0.05, 0.1) is 22.7 Å². The second-order valence-electron chi connectivity index (χ2n) is 6.27. The highest BCUT2D eigenvalue weighted by Gasteiger charge is 2.14. The molecular weight excluding hydrogens is 344 g/mol. The van der Waals surface area contributed by atoms with Crippen molar-refractivity contribution in [1.82, 2.24) is 15.1 Å². The normalized spacial score (nSPS) is 10.6. The number of carbonyl (C=O) groups excluding carboxylic acids is 1. The second kappa shape index (κ2) is 7.82. The third-order valence-electron chi connectivity index (χ3n) is 4.42. The van der Waals surface area contributed by atoms with Crippen LogP contribution in [0.3, 0.4) is 0 Å². The smallest absolute Gasteiger partial charge is 0.269 e. The molecule has 0 atom stereocenters. The van der Waals surface area contributed by atoms with Gasteiger partial charge in [-0.1, -0.05) is 30.3 Å². The first kappa shape index (κ1) is 18.3. The van der Waals surface area contributed by atoms with Gasteiger partial charge < -0.3 is 5.32 Å². The summed E-state index contributed by atoms with van der Waals surface area (Å²) < 4.78 is 1.87. The molecule has 0 aliphatic heterocycles. The van der Waals surface area contributed by atoms with E-state index in [0.717, 1.165) is 28.2 Å². The molecule has 3 rings (SSSR count). The summed E-state index contributed by atoms with van der Waals surface area (Å²) in [5, 5.41) is 18.2. The molecule has 27 heavy (non-hydrogen) atoms. The Labute approximate surface area is 156 Å². The number of amides is 1. The lowest BCUT2D eigenvalue weighted by atomic mass is 10.1. The van der Waals surface area contributed by atoms with Crippen LogP contribution in [0.2, 0.25) is 0 Å². The van der Waals surface area contributed by atoms with Crippen molar-refractivity contribution in [3.8, 4) is 5.69 Å². The molecule has 1 aromatic heterocycles. The molecule has 0 unspecified atom stereocenters. The number of carbonyl (C=O) groups is 1. The van der Waals surface area contributed by atoms with E-state index in [2.05, 4.69) is 10.4 Å². The minimum absolute atomic E-state index is 0.0127. The van der Waals surface area contributed by atoms with Crippen LogP contribution in [0.1, 0.15) is 22.5 Å². The number of benzene rings is 2. The van der Waals surface area contributed by atoms with Crippen LogP contribution >= 0.6 is 0 Å². The fourth-order valence-corrected chi connectivity index (χ4v) is 2.92. The molecule has 1 N–H and O–H groups in total. The minimum atomic E-state index is -0.459. The molecule has 138 valence electrons. The van der Waals surface area contributed by atoms with Crippen LogP contribution < -0.4 is 5.32 Å². The van der Waals surface area contributed by atoms with E-state index < -0.39 is 4.92 Å². The summed E-state index contributed by atoms with van der Waals surface area (Å²) in [5.74, 6) is -0.143. The Bertz CT molecular complexity index is 963. The van der Waals surface area contributed by atoms with Crippen LogP contribution in [0, 0.1) is 24.0 Å². The molecule has 0 spiro atoms. The van der Waals surface area contributed by atoms with E-state index in [1.165, 1.54) is 12.1 Å². The Morgan fingerprint density at radius 1 is 1.11 bits per heavy atom. The average Bonchev–Trinajstić information content (AvgIpc) is 2.95. The largest absolute Gasteiger partial charge is 0.352 e. The van der Waals surface area contributed by atoms with E-state index in [1.54, 1.807) is 12.1 Å². The van der Waals surface area contributed by atoms with Crippen molar-refractivity contribution in [3.63, 3.8) is 0 Å². The van der Waals surface area contributed by atoms with Crippen molar-refractivity contribution < 1.29 is 9.72 Å². The van der Waals surface area contributed by atoms with Gasteiger partial charge in [0.1, 0.15) is 0 Å². The lowest BCUT2D eigenvalue weighted by Gasteiger charge is -2.07. The van der Waals surface area contributed by atoms with Crippen LogP contribution in [0.25, 0.3) is 5.69 Å². The number of nitrogens with one attached hydrogen (secondary N) is 1. The fraction of sp³-hybridized carbons (Fsp3) is 0.200. The SMILES string of the molecule is Cc1nn(-c2ccccc2)c(C)c1CNC(=O)Cc1ccc([N+](=O)[O-])cc1. The third kappa shape index (κ3) is 4.20. The molecule has 0 saturated carbocycles. The molecule has 0 saturated heterocycles. The maximum atomic E-state index is 12.2. The van der Waals surface area contributed by atoms with E-state index in [1.807, 2.05) is 48.9 Å². The molecule has 7 nitrogen and oxygen atoms in total. The molecule has 1 heterocycles. The third-order valence-corrected chi connectivity index (χ3v) is 4.42. The first-order valence-electron chi connectivity index (χ1n) is 8.56. The van der Waals surface area contributed by atoms with Gasteiger partial charge in [-0.15, -0.1) is 0 Å². The number of aromatic nitrogens is 2. The van der Waals surface area contributed by atoms with Crippen molar-refractivity contribution in [2.75, 3.05) is 0 Å². The van der Waals surface area contributed by atoms with Gasteiger partial charge in [0, 0.05) is 29.9 Å². The van der Waals surface area contributed by atoms with Crippen LogP contribution in [-0.2, 0) is 17.8 Å². The lowest BCUT2D eigenvalue weighted by molar-refractivity contribution is -0.384. The van der Waals surface area contributed by atoms with Gasteiger partial charge in [0.15, 0.2) is 0 Å². The molecule has 0 fully saturated rings. The van der Waals surface area contributed by atoms with Gasteiger partial charge in [0.2, 0.25) is 5.91 Å². The highest BCUT2D eigenvalue weighted by atomic mass is 16.6. The molecule has 3 aromatic rings. The van der Waals surface area contributed by atoms with Crippen LogP contribution in [0.15, 0.2) is 54.6 Å². The number of rotatable bonds is 6. The monoisotopic (exact) mass is 364 g/mol. The summed E-state index contributed by atoms with van der Waals surface area (Å²) in [6, 6.07) is 15.8. The highest BCUT2D eigenvalue weighted by Crippen LogP contribution is 2.18. The first-order chi connectivity index (χ1) is 13.0. The van der Waals surface area contributed by atoms with E-state index in [-0.39, 0.29) is 18.0 Å². The van der Waals surface area contributed by atoms with Crippen LogP contribution in [-0.4, -0.2) is 20.6 Å². The van der Waals surface area contributed by atoms with Gasteiger partial charge in [-0.05, 0) is 31.5 Å². The molecule has 0 aliphatic rings. The summed E-state index contributed by atoms with van der Waals surface area (Å²) in [7, 11) is 0. The van der Waals surface area contributed by atoms with Crippen molar-refractivity contribution >= 4 is 11.6 Å². The number of non-ortho nitro benzene ring substituents is 1. The zero-order chi connectivity index (χ0) is 19.4. The van der Waals surface area contributed by atoms with Gasteiger partial charge in [-0.25, -0.2) is 4.68 Å². The zero-order valence-electron chi connectivity index (χ0n) is 15.2. The Balaban J connectivity index is 1.65. The van der Waals surface area contributed by atoms with Gasteiger partial charge >= 0.3 is 0 Å². The van der Waals surface area contributed by atoms with E-state index in [4.69, 9.17) is 0 Å². The molecule has 0 radical (unpaired) electrons. The van der Waals surface area contributed by atoms with E-state index in [0.29, 0.717) is 6.54 Å². The second-order valence-corrected chi connectivity index (χ2v) is 6.27. The maximum Gasteiger partial charge on any atom is 0.269 e. The van der Waals surface area contributed by atoms with Crippen molar-refractivity contribution in [1.29, 1.82) is 0 Å². The number of hydrogen-bond donors (Lipinski definition) is 1. The van der Waals surface area contributed by atoms with Gasteiger partial charge in [-0.3, -0.25) is 14.9 Å². The maximum absolute atomic E-state index is 12.2. The zero-order valence-corrected chi connectivity index (χ0v) is 15.2. The number of nitrogens with zero attached hydrogens (tertiary/aromatic N) is 3. The fourth-order valence-electron chi connectivity index (χ4n) is 2.92. The topological polar surface area (TPSA) is 90.1 Å². The Morgan fingerprint density at radius 3 is 2.41 bits per heavy atom. The Morgan fingerprint density at radius 2 is 1.78 bits per heavy atom. The Kier molecular flexibility index (Phi) is 5.30. The first-order valence-corrected chi connectivity index (χ1v) is 8.56. The van der Waals surface area contributed by atoms with E-state index in [9.17, 15) is 14.9 Å². The van der Waals surface area contributed by atoms with Crippen molar-refractivity contribution in [2.45, 2.75) is 26.8 Å². The summed E-state index contributed by atoms with van der Waals surface area (Å²) in [4.78, 5) is 22.5. The molecular formula is C20H20N4O3. The van der Waals surface area contributed by atoms with Crippen molar-refractivity contribution in [3.05, 3.63) is 87.2 Å². The number of nitro benzene ring substituents is 1. The average molecular weight is 364 g/mol. The van der Waals surface area contributed by atoms with Gasteiger partial charge in [-0.2, -0.15) is 5.10 Å².